The highest BCUT2D eigenvalue weighted by molar-refractivity contribution is 5.86. The number of hydrogen-bond donors (Lipinski definition) is 2. The molecular weight excluding hydrogens is 350 g/mol. The molecule has 4 nitrogen and oxygen atoms in total. The summed E-state index contributed by atoms with van der Waals surface area (Å²) in [5, 5.41) is 12.5. The zero-order valence-corrected chi connectivity index (χ0v) is 16.6. The van der Waals surface area contributed by atoms with Crippen molar-refractivity contribution in [1.29, 1.82) is 0 Å². The average molecular weight is 375 g/mol. The fourth-order valence-electron chi connectivity index (χ4n) is 3.19. The second kappa shape index (κ2) is 7.77. The minimum absolute atomic E-state index is 0.248. The van der Waals surface area contributed by atoms with Gasteiger partial charge in [0.25, 0.3) is 0 Å². The summed E-state index contributed by atoms with van der Waals surface area (Å²) in [5.41, 5.74) is 4.50. The molecule has 0 radical (unpaired) electrons. The van der Waals surface area contributed by atoms with E-state index in [1.165, 1.54) is 0 Å². The lowest BCUT2D eigenvalue weighted by Gasteiger charge is -2.26. The van der Waals surface area contributed by atoms with Crippen LogP contribution in [0, 0.1) is 13.8 Å². The van der Waals surface area contributed by atoms with Crippen LogP contribution in [0.5, 0.6) is 11.5 Å². The summed E-state index contributed by atoms with van der Waals surface area (Å²) in [6.45, 7) is 8.10. The number of phenolic OH excluding ortho intramolecular Hbond substituents is 1. The first-order valence-corrected chi connectivity index (χ1v) is 9.22. The van der Waals surface area contributed by atoms with Gasteiger partial charge in [0.15, 0.2) is 0 Å². The summed E-state index contributed by atoms with van der Waals surface area (Å²) in [4.78, 5) is 12.2. The Morgan fingerprint density at radius 1 is 0.929 bits per heavy atom. The van der Waals surface area contributed by atoms with Crippen molar-refractivity contribution >= 4 is 11.8 Å². The van der Waals surface area contributed by atoms with Crippen LogP contribution in [0.2, 0.25) is 0 Å². The molecule has 3 rings (SSSR count). The van der Waals surface area contributed by atoms with Crippen molar-refractivity contribution in [2.24, 2.45) is 0 Å². The summed E-state index contributed by atoms with van der Waals surface area (Å²) < 4.78 is 5.41. The predicted octanol–water partition coefficient (Wildman–Crippen LogP) is 5.95. The number of rotatable bonds is 4. The Morgan fingerprint density at radius 2 is 1.64 bits per heavy atom. The lowest BCUT2D eigenvalue weighted by molar-refractivity contribution is 0.215. The van der Waals surface area contributed by atoms with E-state index < -0.39 is 6.09 Å². The fraction of sp³-hybridized carbons (Fsp3) is 0.208. The van der Waals surface area contributed by atoms with Gasteiger partial charge < -0.3 is 9.84 Å². The molecule has 0 fully saturated rings. The average Bonchev–Trinajstić information content (AvgIpc) is 2.64. The monoisotopic (exact) mass is 375 g/mol. The molecule has 0 saturated carbocycles. The number of carbonyl (C=O) groups is 1. The highest BCUT2D eigenvalue weighted by Gasteiger charge is 2.23. The lowest BCUT2D eigenvalue weighted by atomic mass is 9.78. The molecule has 2 N–H and O–H groups in total. The number of amides is 1. The van der Waals surface area contributed by atoms with Crippen LogP contribution < -0.4 is 10.1 Å². The van der Waals surface area contributed by atoms with E-state index in [0.29, 0.717) is 11.4 Å². The molecule has 0 bridgehead atoms. The number of nitrogens with one attached hydrogen (secondary N) is 1. The molecule has 4 heteroatoms. The third kappa shape index (κ3) is 4.34. The molecule has 3 aromatic carbocycles. The Morgan fingerprint density at radius 3 is 2.29 bits per heavy atom. The van der Waals surface area contributed by atoms with E-state index >= 15 is 0 Å². The Bertz CT molecular complexity index is 991. The second-order valence-electron chi connectivity index (χ2n) is 7.54. The standard InChI is InChI=1S/C24H25NO3/c1-16-8-13-22(17(2)14-16)28-23(27)25-20-11-9-18(10-12-20)24(3,4)19-6-5-7-21(26)15-19/h5-15,26H,1-4H3,(H,25,27). The Kier molecular flexibility index (Phi) is 5.41. The minimum atomic E-state index is -0.521. The van der Waals surface area contributed by atoms with Crippen LogP contribution in [-0.4, -0.2) is 11.2 Å². The number of phenols is 1. The Labute approximate surface area is 165 Å². The fourth-order valence-corrected chi connectivity index (χ4v) is 3.19. The van der Waals surface area contributed by atoms with Gasteiger partial charge in [-0.3, -0.25) is 5.32 Å². The van der Waals surface area contributed by atoms with Crippen molar-refractivity contribution in [2.45, 2.75) is 33.1 Å². The number of aromatic hydroxyl groups is 1. The largest absolute Gasteiger partial charge is 0.508 e. The molecule has 0 aliphatic carbocycles. The molecule has 28 heavy (non-hydrogen) atoms. The Hall–Kier alpha value is -3.27. The molecule has 144 valence electrons. The highest BCUT2D eigenvalue weighted by Crippen LogP contribution is 2.33. The third-order valence-electron chi connectivity index (χ3n) is 4.95. The maximum atomic E-state index is 12.2. The van der Waals surface area contributed by atoms with E-state index in [4.69, 9.17) is 4.74 Å². The molecule has 0 heterocycles. The zero-order valence-electron chi connectivity index (χ0n) is 16.6. The zero-order chi connectivity index (χ0) is 20.3. The molecular formula is C24H25NO3. The van der Waals surface area contributed by atoms with Gasteiger partial charge >= 0.3 is 6.09 Å². The maximum absolute atomic E-state index is 12.2. The lowest BCUT2D eigenvalue weighted by Crippen LogP contribution is -2.20. The topological polar surface area (TPSA) is 58.6 Å². The molecule has 0 aliphatic rings. The van der Waals surface area contributed by atoms with Crippen molar-refractivity contribution in [3.05, 3.63) is 89.0 Å². The number of ether oxygens (including phenoxy) is 1. The van der Waals surface area contributed by atoms with Crippen LogP contribution in [0.3, 0.4) is 0 Å². The van der Waals surface area contributed by atoms with Gasteiger partial charge in [-0.25, -0.2) is 4.79 Å². The molecule has 0 saturated heterocycles. The van der Waals surface area contributed by atoms with Crippen LogP contribution in [0.15, 0.2) is 66.7 Å². The van der Waals surface area contributed by atoms with Crippen molar-refractivity contribution in [2.75, 3.05) is 5.32 Å². The van der Waals surface area contributed by atoms with Crippen LogP contribution >= 0.6 is 0 Å². The van der Waals surface area contributed by atoms with Gasteiger partial charge in [-0.05, 0) is 60.9 Å². The third-order valence-corrected chi connectivity index (χ3v) is 4.95. The molecule has 0 atom stereocenters. The summed E-state index contributed by atoms with van der Waals surface area (Å²) in [6, 6.07) is 20.6. The number of aryl methyl sites for hydroxylation is 2. The highest BCUT2D eigenvalue weighted by atomic mass is 16.6. The molecule has 0 unspecified atom stereocenters. The number of benzene rings is 3. The number of carbonyl (C=O) groups excluding carboxylic acids is 1. The second-order valence-corrected chi connectivity index (χ2v) is 7.54. The van der Waals surface area contributed by atoms with Crippen LogP contribution in [0.4, 0.5) is 10.5 Å². The van der Waals surface area contributed by atoms with Gasteiger partial charge in [0.05, 0.1) is 0 Å². The first-order chi connectivity index (χ1) is 13.3. The summed E-state index contributed by atoms with van der Waals surface area (Å²) >= 11 is 0. The summed E-state index contributed by atoms with van der Waals surface area (Å²) in [7, 11) is 0. The van der Waals surface area contributed by atoms with E-state index in [9.17, 15) is 9.90 Å². The van der Waals surface area contributed by atoms with E-state index in [-0.39, 0.29) is 11.2 Å². The first-order valence-electron chi connectivity index (χ1n) is 9.22. The molecule has 0 aromatic heterocycles. The minimum Gasteiger partial charge on any atom is -0.508 e. The molecule has 1 amide bonds. The van der Waals surface area contributed by atoms with Crippen molar-refractivity contribution < 1.29 is 14.6 Å². The van der Waals surface area contributed by atoms with Gasteiger partial charge in [0.2, 0.25) is 0 Å². The normalized spacial score (nSPS) is 11.1. The van der Waals surface area contributed by atoms with Gasteiger partial charge in [-0.2, -0.15) is 0 Å². The van der Waals surface area contributed by atoms with Crippen molar-refractivity contribution in [3.8, 4) is 11.5 Å². The van der Waals surface area contributed by atoms with E-state index in [1.54, 1.807) is 18.2 Å². The summed E-state index contributed by atoms with van der Waals surface area (Å²) in [5.74, 6) is 0.794. The summed E-state index contributed by atoms with van der Waals surface area (Å²) in [6.07, 6.45) is -0.521. The number of hydrogen-bond acceptors (Lipinski definition) is 3. The van der Waals surface area contributed by atoms with E-state index in [0.717, 1.165) is 22.3 Å². The van der Waals surface area contributed by atoms with E-state index in [1.807, 2.05) is 62.4 Å². The quantitative estimate of drug-likeness (QED) is 0.593. The maximum Gasteiger partial charge on any atom is 0.417 e. The van der Waals surface area contributed by atoms with Crippen LogP contribution in [0.1, 0.15) is 36.1 Å². The predicted molar refractivity (Wildman–Crippen MR) is 112 cm³/mol. The van der Waals surface area contributed by atoms with Gasteiger partial charge in [0, 0.05) is 11.1 Å². The van der Waals surface area contributed by atoms with Crippen molar-refractivity contribution in [3.63, 3.8) is 0 Å². The Balaban J connectivity index is 1.71. The smallest absolute Gasteiger partial charge is 0.417 e. The van der Waals surface area contributed by atoms with Gasteiger partial charge in [-0.15, -0.1) is 0 Å². The SMILES string of the molecule is Cc1ccc(OC(=O)Nc2ccc(C(C)(C)c3cccc(O)c3)cc2)c(C)c1. The molecule has 0 spiro atoms. The molecule has 3 aromatic rings. The molecule has 0 aliphatic heterocycles. The van der Waals surface area contributed by atoms with Crippen LogP contribution in [0.25, 0.3) is 0 Å². The first kappa shape index (κ1) is 19.5. The number of anilines is 1. The van der Waals surface area contributed by atoms with E-state index in [2.05, 4.69) is 19.2 Å². The van der Waals surface area contributed by atoms with Crippen molar-refractivity contribution in [1.82, 2.24) is 0 Å². The van der Waals surface area contributed by atoms with Gasteiger partial charge in [-0.1, -0.05) is 55.8 Å². The van der Waals surface area contributed by atoms with Gasteiger partial charge in [0.1, 0.15) is 11.5 Å². The van der Waals surface area contributed by atoms with Crippen LogP contribution in [-0.2, 0) is 5.41 Å².